The van der Waals surface area contributed by atoms with Gasteiger partial charge in [0.25, 0.3) is 5.91 Å². The molecule has 1 aliphatic heterocycles. The Balaban J connectivity index is 1.63. The molecule has 0 aromatic carbocycles. The summed E-state index contributed by atoms with van der Waals surface area (Å²) in [6, 6.07) is 1.64. The Hall–Kier alpha value is -2.78. The monoisotopic (exact) mass is 391 g/mol. The van der Waals surface area contributed by atoms with Gasteiger partial charge >= 0.3 is 0 Å². The minimum atomic E-state index is -1.06. The maximum Gasteiger partial charge on any atom is 0.275 e. The first-order chi connectivity index (χ1) is 13.2. The van der Waals surface area contributed by atoms with Crippen LogP contribution >= 0.6 is 0 Å². The second-order valence-electron chi connectivity index (χ2n) is 7.46. The second-order valence-corrected chi connectivity index (χ2v) is 7.46. The van der Waals surface area contributed by atoms with E-state index < -0.39 is 6.17 Å². The molecule has 10 heteroatoms. The summed E-state index contributed by atoms with van der Waals surface area (Å²) < 4.78 is 17.3. The first-order valence-corrected chi connectivity index (χ1v) is 9.31. The van der Waals surface area contributed by atoms with Crippen LogP contribution in [0.15, 0.2) is 12.3 Å². The maximum absolute atomic E-state index is 14.0. The van der Waals surface area contributed by atoms with Crippen LogP contribution in [0.5, 0.6) is 0 Å². The molecule has 1 fully saturated rings. The number of aromatic nitrogens is 5. The Morgan fingerprint density at radius 3 is 2.71 bits per heavy atom. The number of carbonyl (C=O) groups excluding carboxylic acids is 2. The topological polar surface area (TPSA) is 89.2 Å². The number of alkyl halides is 1. The smallest absolute Gasteiger partial charge is 0.275 e. The molecule has 28 heavy (non-hydrogen) atoms. The molecule has 0 bridgehead atoms. The number of halogens is 1. The van der Waals surface area contributed by atoms with Crippen molar-refractivity contribution in [3.8, 4) is 0 Å². The Kier molecular flexibility index (Phi) is 5.76. The van der Waals surface area contributed by atoms with Crippen LogP contribution in [0.1, 0.15) is 34.7 Å². The number of rotatable bonds is 6. The lowest BCUT2D eigenvalue weighted by Gasteiger charge is -2.24. The van der Waals surface area contributed by atoms with Crippen LogP contribution < -0.4 is 0 Å². The number of hydrogen-bond acceptors (Lipinski definition) is 5. The number of hydrogen-bond donors (Lipinski definition) is 0. The lowest BCUT2D eigenvalue weighted by atomic mass is 10.2. The van der Waals surface area contributed by atoms with Gasteiger partial charge in [-0.3, -0.25) is 14.3 Å². The highest BCUT2D eigenvalue weighted by molar-refractivity contribution is 5.91. The van der Waals surface area contributed by atoms with Gasteiger partial charge in [-0.25, -0.2) is 9.07 Å². The van der Waals surface area contributed by atoms with Crippen LogP contribution in [0.2, 0.25) is 0 Å². The number of carbonyl (C=O) groups is 2. The lowest BCUT2D eigenvalue weighted by molar-refractivity contribution is -0.132. The first kappa shape index (κ1) is 20.0. The number of nitrogens with zero attached hydrogens (tertiary/aromatic N) is 7. The summed E-state index contributed by atoms with van der Waals surface area (Å²) in [6.07, 6.45) is 0.982. The standard InChI is InChI=1S/C18H26FN7O2/c1-12-7-13(2)26(21-12)6-5-17(27)25-9-14(19)8-15(25)10-24-11-16(20-22-24)18(28)23(3)4/h7,11,14-15H,5-6,8-10H2,1-4H3/t14-,15-/m0/s1. The van der Waals surface area contributed by atoms with Gasteiger partial charge in [-0.15, -0.1) is 5.10 Å². The number of aryl methyl sites for hydroxylation is 3. The average Bonchev–Trinajstić information content (AvgIpc) is 3.31. The molecular weight excluding hydrogens is 365 g/mol. The van der Waals surface area contributed by atoms with E-state index in [1.54, 1.807) is 23.7 Å². The molecule has 0 N–H and O–H groups in total. The zero-order chi connectivity index (χ0) is 20.4. The van der Waals surface area contributed by atoms with Gasteiger partial charge in [0.15, 0.2) is 5.69 Å². The van der Waals surface area contributed by atoms with Gasteiger partial charge in [0, 0.05) is 39.2 Å². The van der Waals surface area contributed by atoms with Crippen LogP contribution in [-0.4, -0.2) is 79.2 Å². The summed E-state index contributed by atoms with van der Waals surface area (Å²) in [7, 11) is 3.27. The van der Waals surface area contributed by atoms with E-state index in [9.17, 15) is 14.0 Å². The first-order valence-electron chi connectivity index (χ1n) is 9.31. The molecule has 1 saturated heterocycles. The van der Waals surface area contributed by atoms with Crippen LogP contribution in [0.3, 0.4) is 0 Å². The van der Waals surface area contributed by atoms with Gasteiger partial charge in [-0.1, -0.05) is 5.21 Å². The predicted octanol–water partition coefficient (Wildman–Crippen LogP) is 0.823. The third-order valence-electron chi connectivity index (χ3n) is 4.89. The van der Waals surface area contributed by atoms with Crippen molar-refractivity contribution in [1.82, 2.24) is 34.6 Å². The molecule has 2 aromatic heterocycles. The third kappa shape index (κ3) is 4.37. The fourth-order valence-corrected chi connectivity index (χ4v) is 3.52. The summed E-state index contributed by atoms with van der Waals surface area (Å²) >= 11 is 0. The minimum absolute atomic E-state index is 0.0821. The molecule has 3 heterocycles. The van der Waals surface area contributed by atoms with Crippen molar-refractivity contribution in [1.29, 1.82) is 0 Å². The molecule has 2 aromatic rings. The quantitative estimate of drug-likeness (QED) is 0.727. The van der Waals surface area contributed by atoms with Crippen molar-refractivity contribution in [2.45, 2.75) is 52.0 Å². The summed E-state index contributed by atoms with van der Waals surface area (Å²) in [4.78, 5) is 27.6. The molecule has 1 aliphatic rings. The summed E-state index contributed by atoms with van der Waals surface area (Å²) in [5.74, 6) is -0.360. The van der Waals surface area contributed by atoms with Crippen molar-refractivity contribution in [2.75, 3.05) is 20.6 Å². The second kappa shape index (κ2) is 8.07. The Labute approximate surface area is 163 Å². The molecule has 0 spiro atoms. The van der Waals surface area contributed by atoms with E-state index in [1.165, 1.54) is 15.8 Å². The molecular formula is C18H26FN7O2. The molecule has 9 nitrogen and oxygen atoms in total. The maximum atomic E-state index is 14.0. The summed E-state index contributed by atoms with van der Waals surface area (Å²) in [5.41, 5.74) is 2.12. The Morgan fingerprint density at radius 1 is 1.32 bits per heavy atom. The van der Waals surface area contributed by atoms with Crippen LogP contribution in [-0.2, 0) is 17.9 Å². The highest BCUT2D eigenvalue weighted by Crippen LogP contribution is 2.23. The van der Waals surface area contributed by atoms with Crippen molar-refractivity contribution in [3.05, 3.63) is 29.3 Å². The molecule has 152 valence electrons. The molecule has 0 radical (unpaired) electrons. The van der Waals surface area contributed by atoms with E-state index in [1.807, 2.05) is 19.9 Å². The van der Waals surface area contributed by atoms with Crippen molar-refractivity contribution in [2.24, 2.45) is 0 Å². The molecule has 0 saturated carbocycles. The number of likely N-dealkylation sites (tertiary alicyclic amines) is 1. The zero-order valence-corrected chi connectivity index (χ0v) is 16.7. The van der Waals surface area contributed by atoms with E-state index in [4.69, 9.17) is 0 Å². The molecule has 2 amide bonds. The van der Waals surface area contributed by atoms with Crippen LogP contribution in [0.4, 0.5) is 4.39 Å². The SMILES string of the molecule is Cc1cc(C)n(CCC(=O)N2C[C@@H](F)C[C@H]2Cn2cc(C(=O)N(C)C)nn2)n1. The highest BCUT2D eigenvalue weighted by Gasteiger charge is 2.35. The molecule has 0 unspecified atom stereocenters. The van der Waals surface area contributed by atoms with Crippen LogP contribution in [0.25, 0.3) is 0 Å². The molecule has 3 rings (SSSR count). The summed E-state index contributed by atoms with van der Waals surface area (Å²) in [6.45, 7) is 4.70. The minimum Gasteiger partial charge on any atom is -0.343 e. The Bertz CT molecular complexity index is 860. The van der Waals surface area contributed by atoms with Gasteiger partial charge in [0.05, 0.1) is 31.0 Å². The molecule has 0 aliphatic carbocycles. The van der Waals surface area contributed by atoms with Crippen molar-refractivity contribution >= 4 is 11.8 Å². The van der Waals surface area contributed by atoms with E-state index in [0.717, 1.165) is 11.4 Å². The summed E-state index contributed by atoms with van der Waals surface area (Å²) in [5, 5.41) is 12.2. The van der Waals surface area contributed by atoms with Gasteiger partial charge in [0.2, 0.25) is 5.91 Å². The highest BCUT2D eigenvalue weighted by atomic mass is 19.1. The normalized spacial score (nSPS) is 19.2. The lowest BCUT2D eigenvalue weighted by Crippen LogP contribution is -2.38. The molecule has 2 atom stereocenters. The fourth-order valence-electron chi connectivity index (χ4n) is 3.52. The zero-order valence-electron chi connectivity index (χ0n) is 16.7. The van der Waals surface area contributed by atoms with Gasteiger partial charge in [-0.05, 0) is 19.9 Å². The Morgan fingerprint density at radius 2 is 2.07 bits per heavy atom. The van der Waals surface area contributed by atoms with E-state index in [-0.39, 0.29) is 42.9 Å². The van der Waals surface area contributed by atoms with Crippen LogP contribution in [0, 0.1) is 13.8 Å². The van der Waals surface area contributed by atoms with E-state index in [0.29, 0.717) is 13.1 Å². The van der Waals surface area contributed by atoms with Gasteiger partial charge in [0.1, 0.15) is 6.17 Å². The largest absolute Gasteiger partial charge is 0.343 e. The fraction of sp³-hybridized carbons (Fsp3) is 0.611. The van der Waals surface area contributed by atoms with Crippen molar-refractivity contribution < 1.29 is 14.0 Å². The predicted molar refractivity (Wildman–Crippen MR) is 99.4 cm³/mol. The third-order valence-corrected chi connectivity index (χ3v) is 4.89. The van der Waals surface area contributed by atoms with E-state index >= 15 is 0 Å². The number of amides is 2. The van der Waals surface area contributed by atoms with E-state index in [2.05, 4.69) is 15.4 Å². The van der Waals surface area contributed by atoms with Crippen molar-refractivity contribution in [3.63, 3.8) is 0 Å². The van der Waals surface area contributed by atoms with Gasteiger partial charge in [-0.2, -0.15) is 5.10 Å². The van der Waals surface area contributed by atoms with Gasteiger partial charge < -0.3 is 9.80 Å². The average molecular weight is 391 g/mol.